The van der Waals surface area contributed by atoms with Crippen LogP contribution in [0.25, 0.3) is 0 Å². The number of hydrogen-bond donors (Lipinski definition) is 1. The summed E-state index contributed by atoms with van der Waals surface area (Å²) in [6, 6.07) is 0. The van der Waals surface area contributed by atoms with Crippen LogP contribution in [0.1, 0.15) is 45.4 Å². The number of hydrogen-bond acceptors (Lipinski definition) is 3. The molecule has 1 aliphatic rings. The highest BCUT2D eigenvalue weighted by Gasteiger charge is 2.31. The summed E-state index contributed by atoms with van der Waals surface area (Å²) in [7, 11) is -2.97. The Balaban J connectivity index is 2.51. The van der Waals surface area contributed by atoms with Crippen LogP contribution < -0.4 is 0 Å². The number of carbonyl (C=O) groups is 1. The fraction of sp³-hybridized carbons (Fsp3) is 0.917. The highest BCUT2D eigenvalue weighted by molar-refractivity contribution is 7.91. The van der Waals surface area contributed by atoms with E-state index in [0.717, 1.165) is 19.3 Å². The quantitative estimate of drug-likeness (QED) is 0.795. The van der Waals surface area contributed by atoms with Crippen LogP contribution in [0.5, 0.6) is 0 Å². The summed E-state index contributed by atoms with van der Waals surface area (Å²) >= 11 is 0. The summed E-state index contributed by atoms with van der Waals surface area (Å²) in [5, 5.41) is 9.09. The summed E-state index contributed by atoms with van der Waals surface area (Å²) in [5.74, 6) is -0.678. The second kappa shape index (κ2) is 6.38. The maximum atomic E-state index is 11.6. The van der Waals surface area contributed by atoms with Gasteiger partial charge in [0.15, 0.2) is 0 Å². The van der Waals surface area contributed by atoms with Crippen molar-refractivity contribution in [3.8, 4) is 0 Å². The Kier molecular flexibility index (Phi) is 5.43. The Morgan fingerprint density at radius 2 is 1.88 bits per heavy atom. The van der Waals surface area contributed by atoms with Crippen molar-refractivity contribution in [2.75, 3.05) is 11.5 Å². The van der Waals surface area contributed by atoms with Crippen LogP contribution in [0, 0.1) is 11.8 Å². The number of sulfone groups is 1. The molecule has 2 atom stereocenters. The standard InChI is InChI=1S/C12H22O4S/c1-2-8-17(15,16)9-7-10-5-3-4-6-11(10)12(13)14/h10-11H,2-9H2,1H3,(H,13,14). The van der Waals surface area contributed by atoms with Gasteiger partial charge in [-0.05, 0) is 31.6 Å². The van der Waals surface area contributed by atoms with Gasteiger partial charge >= 0.3 is 5.97 Å². The highest BCUT2D eigenvalue weighted by atomic mass is 32.2. The van der Waals surface area contributed by atoms with E-state index in [1.807, 2.05) is 6.92 Å². The van der Waals surface area contributed by atoms with Crippen molar-refractivity contribution in [2.45, 2.75) is 45.4 Å². The van der Waals surface area contributed by atoms with Crippen LogP contribution in [0.15, 0.2) is 0 Å². The molecule has 1 fully saturated rings. The van der Waals surface area contributed by atoms with Gasteiger partial charge in [0.05, 0.1) is 11.7 Å². The molecule has 1 N–H and O–H groups in total. The Labute approximate surface area is 103 Å². The Morgan fingerprint density at radius 3 is 2.47 bits per heavy atom. The van der Waals surface area contributed by atoms with Gasteiger partial charge in [0.1, 0.15) is 9.84 Å². The summed E-state index contributed by atoms with van der Waals surface area (Å²) in [4.78, 5) is 11.1. The molecule has 1 rings (SSSR count). The molecule has 0 aromatic heterocycles. The molecule has 0 radical (unpaired) electrons. The van der Waals surface area contributed by atoms with Crippen molar-refractivity contribution in [2.24, 2.45) is 11.8 Å². The topological polar surface area (TPSA) is 71.4 Å². The van der Waals surface area contributed by atoms with Crippen molar-refractivity contribution in [3.63, 3.8) is 0 Å². The van der Waals surface area contributed by atoms with Gasteiger partial charge in [0.25, 0.3) is 0 Å². The van der Waals surface area contributed by atoms with Gasteiger partial charge in [-0.2, -0.15) is 0 Å². The molecule has 1 saturated carbocycles. The first-order valence-electron chi connectivity index (χ1n) is 6.39. The molecule has 2 unspecified atom stereocenters. The summed E-state index contributed by atoms with van der Waals surface area (Å²) < 4.78 is 23.2. The number of carboxylic acids is 1. The Morgan fingerprint density at radius 1 is 1.24 bits per heavy atom. The third-order valence-electron chi connectivity index (χ3n) is 3.54. The minimum absolute atomic E-state index is 0.0490. The van der Waals surface area contributed by atoms with E-state index in [1.54, 1.807) is 0 Å². The molecule has 17 heavy (non-hydrogen) atoms. The van der Waals surface area contributed by atoms with Crippen molar-refractivity contribution in [1.82, 2.24) is 0 Å². The molecule has 1 aliphatic carbocycles. The van der Waals surface area contributed by atoms with Crippen LogP contribution in [0.4, 0.5) is 0 Å². The maximum Gasteiger partial charge on any atom is 0.306 e. The van der Waals surface area contributed by atoms with Gasteiger partial charge in [0.2, 0.25) is 0 Å². The van der Waals surface area contributed by atoms with Crippen LogP contribution in [-0.2, 0) is 14.6 Å². The van der Waals surface area contributed by atoms with Gasteiger partial charge in [-0.25, -0.2) is 8.42 Å². The minimum atomic E-state index is -2.97. The number of aliphatic carboxylic acids is 1. The Bertz CT molecular complexity index is 348. The molecule has 0 heterocycles. The minimum Gasteiger partial charge on any atom is -0.481 e. The lowest BCUT2D eigenvalue weighted by molar-refractivity contribution is -0.144. The zero-order valence-electron chi connectivity index (χ0n) is 10.4. The smallest absolute Gasteiger partial charge is 0.306 e. The van der Waals surface area contributed by atoms with E-state index in [4.69, 9.17) is 5.11 Å². The molecule has 0 saturated heterocycles. The number of carboxylic acid groups (broad SMARTS) is 1. The molecule has 4 nitrogen and oxygen atoms in total. The van der Waals surface area contributed by atoms with E-state index in [1.165, 1.54) is 0 Å². The SMILES string of the molecule is CCCS(=O)(=O)CCC1CCCCC1C(=O)O. The Hall–Kier alpha value is -0.580. The van der Waals surface area contributed by atoms with E-state index in [9.17, 15) is 13.2 Å². The molecular weight excluding hydrogens is 240 g/mol. The first kappa shape index (κ1) is 14.5. The third-order valence-corrected chi connectivity index (χ3v) is 5.43. The van der Waals surface area contributed by atoms with Gasteiger partial charge in [-0.15, -0.1) is 0 Å². The van der Waals surface area contributed by atoms with Crippen molar-refractivity contribution < 1.29 is 18.3 Å². The van der Waals surface area contributed by atoms with E-state index < -0.39 is 15.8 Å². The average Bonchev–Trinajstić information content (AvgIpc) is 2.27. The van der Waals surface area contributed by atoms with E-state index >= 15 is 0 Å². The van der Waals surface area contributed by atoms with E-state index in [2.05, 4.69) is 0 Å². The molecule has 5 heteroatoms. The summed E-state index contributed by atoms with van der Waals surface area (Å²) in [6.45, 7) is 1.85. The van der Waals surface area contributed by atoms with Crippen LogP contribution >= 0.6 is 0 Å². The molecular formula is C12H22O4S. The average molecular weight is 262 g/mol. The zero-order valence-corrected chi connectivity index (χ0v) is 11.2. The van der Waals surface area contributed by atoms with Crippen molar-refractivity contribution >= 4 is 15.8 Å². The van der Waals surface area contributed by atoms with Crippen molar-refractivity contribution in [3.05, 3.63) is 0 Å². The maximum absolute atomic E-state index is 11.6. The molecule has 0 bridgehead atoms. The first-order valence-corrected chi connectivity index (χ1v) is 8.21. The van der Waals surface area contributed by atoms with Crippen LogP contribution in [-0.4, -0.2) is 31.0 Å². The van der Waals surface area contributed by atoms with E-state index in [-0.39, 0.29) is 23.3 Å². The second-order valence-corrected chi connectivity index (χ2v) is 7.23. The fourth-order valence-electron chi connectivity index (χ4n) is 2.62. The third kappa shape index (κ3) is 4.66. The fourth-order valence-corrected chi connectivity index (χ4v) is 4.11. The molecule has 100 valence electrons. The second-order valence-electron chi connectivity index (χ2n) is 4.93. The molecule has 0 aliphatic heterocycles. The van der Waals surface area contributed by atoms with E-state index in [0.29, 0.717) is 19.3 Å². The monoisotopic (exact) mass is 262 g/mol. The van der Waals surface area contributed by atoms with Crippen LogP contribution in [0.2, 0.25) is 0 Å². The molecule has 0 spiro atoms. The predicted molar refractivity (Wildman–Crippen MR) is 66.6 cm³/mol. The van der Waals surface area contributed by atoms with Gasteiger partial charge in [-0.1, -0.05) is 19.8 Å². The lowest BCUT2D eigenvalue weighted by Crippen LogP contribution is -2.28. The van der Waals surface area contributed by atoms with Gasteiger partial charge < -0.3 is 5.11 Å². The lowest BCUT2D eigenvalue weighted by atomic mass is 9.78. The summed E-state index contributed by atoms with van der Waals surface area (Å²) in [6.07, 6.45) is 4.69. The largest absolute Gasteiger partial charge is 0.481 e. The molecule has 0 amide bonds. The highest BCUT2D eigenvalue weighted by Crippen LogP contribution is 2.32. The van der Waals surface area contributed by atoms with Gasteiger partial charge in [-0.3, -0.25) is 4.79 Å². The lowest BCUT2D eigenvalue weighted by Gasteiger charge is -2.28. The predicted octanol–water partition coefficient (Wildman–Crippen LogP) is 2.09. The first-order chi connectivity index (χ1) is 7.96. The zero-order chi connectivity index (χ0) is 12.9. The van der Waals surface area contributed by atoms with Crippen LogP contribution in [0.3, 0.4) is 0 Å². The summed E-state index contributed by atoms with van der Waals surface area (Å²) in [5.41, 5.74) is 0. The van der Waals surface area contributed by atoms with Crippen molar-refractivity contribution in [1.29, 1.82) is 0 Å². The normalized spacial score (nSPS) is 25.7. The molecule has 0 aromatic rings. The van der Waals surface area contributed by atoms with Gasteiger partial charge in [0, 0.05) is 5.75 Å². The molecule has 0 aromatic carbocycles. The number of rotatable bonds is 6.